The maximum absolute atomic E-state index is 10.2. The monoisotopic (exact) mass is 141 g/mol. The van der Waals surface area contributed by atoms with Gasteiger partial charge in [0.25, 0.3) is 0 Å². The van der Waals surface area contributed by atoms with Crippen LogP contribution in [0.4, 0.5) is 0 Å². The third kappa shape index (κ3) is 3.92. The van der Waals surface area contributed by atoms with Crippen molar-refractivity contribution >= 4 is 6.29 Å². The van der Waals surface area contributed by atoms with Crippen molar-refractivity contribution in [3.63, 3.8) is 0 Å². The fourth-order valence-electron chi connectivity index (χ4n) is 0.679. The van der Waals surface area contributed by atoms with Gasteiger partial charge in [0.15, 0.2) is 0 Å². The second kappa shape index (κ2) is 4.82. The quantitative estimate of drug-likeness (QED) is 0.255. The van der Waals surface area contributed by atoms with E-state index in [0.29, 0.717) is 18.6 Å². The standard InChI is InChI=1S/C6H11N3O/c1-5(2)3-6(4-10)8-9-7/h4-6H,3H2,1-2H3/t6-/m0/s1. The molecule has 0 spiro atoms. The van der Waals surface area contributed by atoms with Gasteiger partial charge in [-0.25, -0.2) is 0 Å². The number of aldehydes is 1. The van der Waals surface area contributed by atoms with Crippen molar-refractivity contribution in [3.05, 3.63) is 10.4 Å². The van der Waals surface area contributed by atoms with Gasteiger partial charge in [-0.15, -0.1) is 0 Å². The summed E-state index contributed by atoms with van der Waals surface area (Å²) in [7, 11) is 0. The van der Waals surface area contributed by atoms with Gasteiger partial charge in [-0.2, -0.15) is 0 Å². The second-order valence-corrected chi connectivity index (χ2v) is 2.54. The molecule has 10 heavy (non-hydrogen) atoms. The van der Waals surface area contributed by atoms with Crippen LogP contribution in [0.3, 0.4) is 0 Å². The van der Waals surface area contributed by atoms with Gasteiger partial charge in [0.05, 0.1) is 6.04 Å². The molecule has 0 amide bonds. The molecule has 1 atom stereocenters. The molecule has 0 aliphatic rings. The number of nitrogens with zero attached hydrogens (tertiary/aromatic N) is 3. The summed E-state index contributed by atoms with van der Waals surface area (Å²) in [5.41, 5.74) is 7.98. The van der Waals surface area contributed by atoms with E-state index in [1.54, 1.807) is 0 Å². The van der Waals surface area contributed by atoms with Crippen LogP contribution in [-0.2, 0) is 4.79 Å². The van der Waals surface area contributed by atoms with Crippen LogP contribution < -0.4 is 0 Å². The van der Waals surface area contributed by atoms with Gasteiger partial charge in [0.2, 0.25) is 0 Å². The van der Waals surface area contributed by atoms with Gasteiger partial charge >= 0.3 is 0 Å². The van der Waals surface area contributed by atoms with Crippen molar-refractivity contribution < 1.29 is 4.79 Å². The molecule has 0 saturated carbocycles. The van der Waals surface area contributed by atoms with Crippen LogP contribution in [0.25, 0.3) is 10.4 Å². The van der Waals surface area contributed by atoms with E-state index in [-0.39, 0.29) is 0 Å². The van der Waals surface area contributed by atoms with E-state index in [4.69, 9.17) is 5.53 Å². The molecular formula is C6H11N3O. The summed E-state index contributed by atoms with van der Waals surface area (Å²) in [6.07, 6.45) is 1.31. The van der Waals surface area contributed by atoms with Crippen LogP contribution in [0.2, 0.25) is 0 Å². The molecule has 0 aromatic carbocycles. The number of hydrogen-bond acceptors (Lipinski definition) is 2. The smallest absolute Gasteiger partial charge is 0.128 e. The average molecular weight is 141 g/mol. The molecule has 0 N–H and O–H groups in total. The number of rotatable bonds is 4. The highest BCUT2D eigenvalue weighted by Crippen LogP contribution is 2.05. The first kappa shape index (κ1) is 8.98. The van der Waals surface area contributed by atoms with Gasteiger partial charge in [-0.05, 0) is 17.9 Å². The van der Waals surface area contributed by atoms with E-state index < -0.39 is 6.04 Å². The van der Waals surface area contributed by atoms with Gasteiger partial charge in [-0.1, -0.05) is 19.0 Å². The first-order chi connectivity index (χ1) is 4.70. The topological polar surface area (TPSA) is 65.8 Å². The Hall–Kier alpha value is -1.02. The Balaban J connectivity index is 3.82. The lowest BCUT2D eigenvalue weighted by atomic mass is 10.1. The first-order valence-corrected chi connectivity index (χ1v) is 3.20. The largest absolute Gasteiger partial charge is 0.303 e. The number of carbonyl (C=O) groups excluding carboxylic acids is 1. The fraction of sp³-hybridized carbons (Fsp3) is 0.833. The van der Waals surface area contributed by atoms with Gasteiger partial charge in [0, 0.05) is 4.91 Å². The van der Waals surface area contributed by atoms with E-state index in [1.165, 1.54) is 0 Å². The zero-order valence-corrected chi connectivity index (χ0v) is 6.19. The molecule has 0 aliphatic carbocycles. The molecule has 0 unspecified atom stereocenters. The Morgan fingerprint density at radius 1 is 1.70 bits per heavy atom. The SMILES string of the molecule is CC(C)C[C@@H](C=O)N=[N+]=[N-]. The van der Waals surface area contributed by atoms with Crippen molar-refractivity contribution in [1.82, 2.24) is 0 Å². The number of hydrogen-bond donors (Lipinski definition) is 0. The summed E-state index contributed by atoms with van der Waals surface area (Å²) in [5, 5.41) is 3.30. The molecule has 0 saturated heterocycles. The van der Waals surface area contributed by atoms with Crippen LogP contribution in [0, 0.1) is 5.92 Å². The number of azide groups is 1. The van der Waals surface area contributed by atoms with Crippen molar-refractivity contribution in [2.24, 2.45) is 11.0 Å². The lowest BCUT2D eigenvalue weighted by Gasteiger charge is -2.04. The Morgan fingerprint density at radius 3 is 2.60 bits per heavy atom. The fourth-order valence-corrected chi connectivity index (χ4v) is 0.679. The molecule has 0 aromatic heterocycles. The molecule has 56 valence electrons. The van der Waals surface area contributed by atoms with E-state index in [1.807, 2.05) is 13.8 Å². The molecule has 0 aliphatic heterocycles. The Bertz CT molecular complexity index is 149. The van der Waals surface area contributed by atoms with Crippen LogP contribution in [0.1, 0.15) is 20.3 Å². The van der Waals surface area contributed by atoms with Gasteiger partial charge in [-0.3, -0.25) is 0 Å². The zero-order chi connectivity index (χ0) is 7.98. The highest BCUT2D eigenvalue weighted by atomic mass is 16.1. The predicted octanol–water partition coefficient (Wildman–Crippen LogP) is 1.91. The van der Waals surface area contributed by atoms with E-state index in [9.17, 15) is 4.79 Å². The first-order valence-electron chi connectivity index (χ1n) is 3.20. The zero-order valence-electron chi connectivity index (χ0n) is 6.19. The maximum Gasteiger partial charge on any atom is 0.128 e. The normalized spacial score (nSPS) is 12.3. The third-order valence-corrected chi connectivity index (χ3v) is 1.07. The molecule has 4 heteroatoms. The summed E-state index contributed by atoms with van der Waals surface area (Å²) in [5.74, 6) is 0.390. The summed E-state index contributed by atoms with van der Waals surface area (Å²) >= 11 is 0. The Kier molecular flexibility index (Phi) is 4.33. The highest BCUT2D eigenvalue weighted by molar-refractivity contribution is 5.57. The van der Waals surface area contributed by atoms with Crippen molar-refractivity contribution in [2.75, 3.05) is 0 Å². The minimum absolute atomic E-state index is 0.390. The molecular weight excluding hydrogens is 130 g/mol. The third-order valence-electron chi connectivity index (χ3n) is 1.07. The number of carbonyl (C=O) groups is 1. The lowest BCUT2D eigenvalue weighted by Crippen LogP contribution is -2.08. The lowest BCUT2D eigenvalue weighted by molar-refractivity contribution is -0.109. The minimum Gasteiger partial charge on any atom is -0.303 e. The Labute approximate surface area is 59.9 Å². The maximum atomic E-state index is 10.2. The van der Waals surface area contributed by atoms with Crippen LogP contribution in [0.15, 0.2) is 5.11 Å². The summed E-state index contributed by atoms with van der Waals surface area (Å²) in [4.78, 5) is 12.7. The average Bonchev–Trinajstić information content (AvgIpc) is 1.86. The summed E-state index contributed by atoms with van der Waals surface area (Å²) in [6.45, 7) is 3.95. The molecule has 0 fully saturated rings. The highest BCUT2D eigenvalue weighted by Gasteiger charge is 2.05. The molecule has 4 nitrogen and oxygen atoms in total. The van der Waals surface area contributed by atoms with Crippen molar-refractivity contribution in [3.8, 4) is 0 Å². The second-order valence-electron chi connectivity index (χ2n) is 2.54. The molecule has 0 radical (unpaired) electrons. The van der Waals surface area contributed by atoms with Crippen LogP contribution in [0.5, 0.6) is 0 Å². The van der Waals surface area contributed by atoms with Crippen molar-refractivity contribution in [1.29, 1.82) is 0 Å². The Morgan fingerprint density at radius 2 is 2.30 bits per heavy atom. The molecule has 0 rings (SSSR count). The molecule has 0 bridgehead atoms. The molecule has 0 aromatic rings. The van der Waals surface area contributed by atoms with Gasteiger partial charge in [0.1, 0.15) is 6.29 Å². The summed E-state index contributed by atoms with van der Waals surface area (Å²) in [6, 6.07) is -0.481. The van der Waals surface area contributed by atoms with E-state index in [0.717, 1.165) is 0 Å². The minimum atomic E-state index is -0.481. The van der Waals surface area contributed by atoms with Gasteiger partial charge < -0.3 is 4.79 Å². The summed E-state index contributed by atoms with van der Waals surface area (Å²) < 4.78 is 0. The van der Waals surface area contributed by atoms with E-state index >= 15 is 0 Å². The predicted molar refractivity (Wildman–Crippen MR) is 38.5 cm³/mol. The van der Waals surface area contributed by atoms with E-state index in [2.05, 4.69) is 10.0 Å². The van der Waals surface area contributed by atoms with Crippen LogP contribution >= 0.6 is 0 Å². The van der Waals surface area contributed by atoms with Crippen LogP contribution in [-0.4, -0.2) is 12.3 Å². The molecule has 0 heterocycles. The van der Waals surface area contributed by atoms with Crippen molar-refractivity contribution in [2.45, 2.75) is 26.3 Å².